The summed E-state index contributed by atoms with van der Waals surface area (Å²) < 4.78 is 3.46. The molecule has 0 saturated carbocycles. The Bertz CT molecular complexity index is 1850. The van der Waals surface area contributed by atoms with Gasteiger partial charge in [-0.2, -0.15) is 0 Å². The molecule has 5 aromatic carbocycles. The van der Waals surface area contributed by atoms with Crippen molar-refractivity contribution in [2.24, 2.45) is 0 Å². The third-order valence-electron chi connectivity index (χ3n) is 7.07. The molecule has 0 amide bonds. The number of halogens is 1. The topological polar surface area (TPSA) is 17.8 Å². The molecule has 38 heavy (non-hydrogen) atoms. The van der Waals surface area contributed by atoms with Crippen LogP contribution in [0, 0.1) is 0 Å². The monoisotopic (exact) mass is 550 g/mol. The van der Waals surface area contributed by atoms with Gasteiger partial charge in [-0.25, -0.2) is 4.98 Å². The van der Waals surface area contributed by atoms with E-state index in [1.165, 1.54) is 21.8 Å². The molecular formula is C35H23BrN2. The highest BCUT2D eigenvalue weighted by atomic mass is 79.9. The first-order chi connectivity index (χ1) is 18.8. The Morgan fingerprint density at radius 3 is 1.71 bits per heavy atom. The number of rotatable bonds is 4. The van der Waals surface area contributed by atoms with E-state index in [0.29, 0.717) is 0 Å². The van der Waals surface area contributed by atoms with Gasteiger partial charge in [0.1, 0.15) is 0 Å². The van der Waals surface area contributed by atoms with Gasteiger partial charge in [0, 0.05) is 32.1 Å². The molecule has 7 aromatic rings. The molecule has 0 aliphatic carbocycles. The second-order valence-corrected chi connectivity index (χ2v) is 10.2. The lowest BCUT2D eigenvalue weighted by molar-refractivity contribution is 1.18. The van der Waals surface area contributed by atoms with Gasteiger partial charge in [0.2, 0.25) is 0 Å². The van der Waals surface area contributed by atoms with E-state index in [1.54, 1.807) is 0 Å². The van der Waals surface area contributed by atoms with Crippen molar-refractivity contribution in [3.8, 4) is 39.3 Å². The maximum Gasteiger partial charge on any atom is 0.0715 e. The largest absolute Gasteiger partial charge is 0.309 e. The molecule has 3 heteroatoms. The summed E-state index contributed by atoms with van der Waals surface area (Å²) in [6.07, 6.45) is 0. The van der Waals surface area contributed by atoms with Gasteiger partial charge in [-0.1, -0.05) is 113 Å². The zero-order valence-electron chi connectivity index (χ0n) is 20.6. The molecule has 0 fully saturated rings. The molecule has 0 aliphatic rings. The van der Waals surface area contributed by atoms with Crippen molar-refractivity contribution in [3.63, 3.8) is 0 Å². The number of hydrogen-bond donors (Lipinski definition) is 0. The van der Waals surface area contributed by atoms with Gasteiger partial charge >= 0.3 is 0 Å². The van der Waals surface area contributed by atoms with Crippen molar-refractivity contribution in [1.82, 2.24) is 9.55 Å². The zero-order chi connectivity index (χ0) is 25.5. The maximum absolute atomic E-state index is 5.03. The highest BCUT2D eigenvalue weighted by molar-refractivity contribution is 9.10. The van der Waals surface area contributed by atoms with E-state index in [2.05, 4.69) is 148 Å². The normalized spacial score (nSPS) is 11.3. The van der Waals surface area contributed by atoms with Gasteiger partial charge in [0.25, 0.3) is 0 Å². The number of pyridine rings is 1. The molecule has 2 aromatic heterocycles. The average molecular weight is 551 g/mol. The summed E-state index contributed by atoms with van der Waals surface area (Å²) in [5, 5.41) is 2.48. The first-order valence-electron chi connectivity index (χ1n) is 12.7. The summed E-state index contributed by atoms with van der Waals surface area (Å²) in [5.41, 5.74) is 9.99. The van der Waals surface area contributed by atoms with Crippen molar-refractivity contribution in [2.45, 2.75) is 0 Å². The summed E-state index contributed by atoms with van der Waals surface area (Å²) in [6, 6.07) is 49.0. The first-order valence-corrected chi connectivity index (χ1v) is 13.5. The highest BCUT2D eigenvalue weighted by Crippen LogP contribution is 2.37. The van der Waals surface area contributed by atoms with Gasteiger partial charge in [-0.15, -0.1) is 0 Å². The lowest BCUT2D eigenvalue weighted by Crippen LogP contribution is -1.94. The van der Waals surface area contributed by atoms with Crippen LogP contribution in [0.1, 0.15) is 0 Å². The summed E-state index contributed by atoms with van der Waals surface area (Å²) in [5.74, 6) is 0. The van der Waals surface area contributed by atoms with Crippen LogP contribution in [0.4, 0.5) is 0 Å². The van der Waals surface area contributed by atoms with Crippen LogP contribution in [0.5, 0.6) is 0 Å². The molecule has 0 bridgehead atoms. The number of fused-ring (bicyclic) bond motifs is 3. The minimum atomic E-state index is 0.971. The van der Waals surface area contributed by atoms with Crippen LogP contribution in [0.3, 0.4) is 0 Å². The second-order valence-electron chi connectivity index (χ2n) is 9.39. The molecule has 0 radical (unpaired) electrons. The summed E-state index contributed by atoms with van der Waals surface area (Å²) in [7, 11) is 0. The molecule has 0 unspecified atom stereocenters. The van der Waals surface area contributed by atoms with Crippen LogP contribution in [-0.2, 0) is 0 Å². The fourth-order valence-electron chi connectivity index (χ4n) is 5.27. The third kappa shape index (κ3) is 3.93. The second kappa shape index (κ2) is 9.44. The Hall–Kier alpha value is -4.47. The van der Waals surface area contributed by atoms with Gasteiger partial charge < -0.3 is 4.57 Å². The standard InChI is InChI=1S/C35H23BrN2/c36-30-15-9-17-34-35(30)29-14-7-8-16-33(29)38(34)28-20-18-24(19-21-28)27-22-31(25-10-3-1-4-11-25)37-32(23-27)26-12-5-2-6-13-26/h1-23H. The predicted octanol–water partition coefficient (Wildman–Crippen LogP) is 9.94. The Morgan fingerprint density at radius 1 is 0.474 bits per heavy atom. The van der Waals surface area contributed by atoms with Crippen LogP contribution >= 0.6 is 15.9 Å². The van der Waals surface area contributed by atoms with Crippen LogP contribution in [-0.4, -0.2) is 9.55 Å². The molecule has 0 atom stereocenters. The summed E-state index contributed by atoms with van der Waals surface area (Å²) in [6.45, 7) is 0. The molecule has 0 N–H and O–H groups in total. The van der Waals surface area contributed by atoms with E-state index in [9.17, 15) is 0 Å². The molecule has 2 nitrogen and oxygen atoms in total. The maximum atomic E-state index is 5.03. The number of nitrogens with zero attached hydrogens (tertiary/aromatic N) is 2. The third-order valence-corrected chi connectivity index (χ3v) is 7.73. The number of benzene rings is 5. The lowest BCUT2D eigenvalue weighted by Gasteiger charge is -2.12. The molecule has 0 saturated heterocycles. The van der Waals surface area contributed by atoms with Crippen LogP contribution in [0.25, 0.3) is 61.1 Å². The van der Waals surface area contributed by atoms with Crippen molar-refractivity contribution >= 4 is 37.7 Å². The van der Waals surface area contributed by atoms with Crippen molar-refractivity contribution in [2.75, 3.05) is 0 Å². The van der Waals surface area contributed by atoms with Crippen LogP contribution in [0.15, 0.2) is 144 Å². The Kier molecular flexibility index (Phi) is 5.64. The van der Waals surface area contributed by atoms with Crippen LogP contribution in [0.2, 0.25) is 0 Å². The lowest BCUT2D eigenvalue weighted by atomic mass is 10.00. The number of hydrogen-bond acceptors (Lipinski definition) is 1. The Balaban J connectivity index is 1.37. The highest BCUT2D eigenvalue weighted by Gasteiger charge is 2.14. The van der Waals surface area contributed by atoms with Gasteiger partial charge in [-0.3, -0.25) is 0 Å². The van der Waals surface area contributed by atoms with E-state index < -0.39 is 0 Å². The van der Waals surface area contributed by atoms with E-state index >= 15 is 0 Å². The molecule has 0 aliphatic heterocycles. The number of para-hydroxylation sites is 1. The fourth-order valence-corrected chi connectivity index (χ4v) is 5.84. The quantitative estimate of drug-likeness (QED) is 0.213. The van der Waals surface area contributed by atoms with E-state index in [1.807, 2.05) is 12.1 Å². The minimum Gasteiger partial charge on any atom is -0.309 e. The number of aromatic nitrogens is 2. The van der Waals surface area contributed by atoms with Gasteiger partial charge in [0.15, 0.2) is 0 Å². The van der Waals surface area contributed by atoms with Crippen molar-refractivity contribution < 1.29 is 0 Å². The van der Waals surface area contributed by atoms with E-state index in [4.69, 9.17) is 4.98 Å². The Morgan fingerprint density at radius 2 is 1.05 bits per heavy atom. The molecule has 180 valence electrons. The van der Waals surface area contributed by atoms with Crippen molar-refractivity contribution in [3.05, 3.63) is 144 Å². The van der Waals surface area contributed by atoms with Crippen molar-refractivity contribution in [1.29, 1.82) is 0 Å². The first kappa shape index (κ1) is 22.7. The molecule has 7 rings (SSSR count). The molecular weight excluding hydrogens is 528 g/mol. The van der Waals surface area contributed by atoms with Gasteiger partial charge in [0.05, 0.1) is 22.4 Å². The van der Waals surface area contributed by atoms with Crippen LogP contribution < -0.4 is 0 Å². The minimum absolute atomic E-state index is 0.971. The SMILES string of the molecule is Brc1cccc2c1c1ccccc1n2-c1ccc(-c2cc(-c3ccccc3)nc(-c3ccccc3)c2)cc1. The Labute approximate surface area is 230 Å². The van der Waals surface area contributed by atoms with E-state index in [-0.39, 0.29) is 0 Å². The molecule has 0 spiro atoms. The smallest absolute Gasteiger partial charge is 0.0715 e. The average Bonchev–Trinajstić information content (AvgIpc) is 3.33. The zero-order valence-corrected chi connectivity index (χ0v) is 22.1. The summed E-state index contributed by atoms with van der Waals surface area (Å²) >= 11 is 3.78. The van der Waals surface area contributed by atoms with E-state index in [0.717, 1.165) is 43.8 Å². The molecule has 2 heterocycles. The summed E-state index contributed by atoms with van der Waals surface area (Å²) in [4.78, 5) is 5.03. The van der Waals surface area contributed by atoms with Gasteiger partial charge in [-0.05, 0) is 53.6 Å². The fraction of sp³-hybridized carbons (Fsp3) is 0. The predicted molar refractivity (Wildman–Crippen MR) is 163 cm³/mol.